The third kappa shape index (κ3) is 3.08. The van der Waals surface area contributed by atoms with Crippen LogP contribution in [0.2, 0.25) is 0 Å². The minimum absolute atomic E-state index is 0.449. The van der Waals surface area contributed by atoms with Gasteiger partial charge in [-0.3, -0.25) is 0 Å². The van der Waals surface area contributed by atoms with Crippen molar-refractivity contribution in [1.82, 2.24) is 0 Å². The minimum Gasteiger partial charge on any atom is -0.381 e. The predicted molar refractivity (Wildman–Crippen MR) is 68.4 cm³/mol. The molecule has 0 fully saturated rings. The van der Waals surface area contributed by atoms with Crippen LogP contribution in [-0.4, -0.2) is 13.2 Å². The summed E-state index contributed by atoms with van der Waals surface area (Å²) >= 11 is 0. The zero-order valence-corrected chi connectivity index (χ0v) is 10.2. The van der Waals surface area contributed by atoms with Crippen molar-refractivity contribution in [2.45, 2.75) is 44.6 Å². The third-order valence-corrected chi connectivity index (χ3v) is 3.74. The number of rotatable bonds is 4. The van der Waals surface area contributed by atoms with Crippen molar-refractivity contribution in [2.75, 3.05) is 7.11 Å². The molecule has 0 saturated heterocycles. The average molecular weight is 218 g/mol. The number of hydrogen-bond donors (Lipinski definition) is 0. The van der Waals surface area contributed by atoms with E-state index in [9.17, 15) is 0 Å². The molecular formula is C15H22O. The van der Waals surface area contributed by atoms with Gasteiger partial charge in [-0.2, -0.15) is 0 Å². The highest BCUT2D eigenvalue weighted by Crippen LogP contribution is 2.28. The quantitative estimate of drug-likeness (QED) is 0.647. The summed E-state index contributed by atoms with van der Waals surface area (Å²) in [7, 11) is 1.85. The van der Waals surface area contributed by atoms with E-state index in [0.717, 1.165) is 12.3 Å². The Morgan fingerprint density at radius 1 is 1.25 bits per heavy atom. The molecule has 0 aliphatic heterocycles. The Hall–Kier alpha value is -0.820. The average Bonchev–Trinajstić information content (AvgIpc) is 2.38. The van der Waals surface area contributed by atoms with E-state index in [1.165, 1.54) is 32.1 Å². The summed E-state index contributed by atoms with van der Waals surface area (Å²) in [4.78, 5) is 0. The molecule has 0 aromatic heterocycles. The Kier molecular flexibility index (Phi) is 4.41. The third-order valence-electron chi connectivity index (χ3n) is 3.74. The molecule has 2 atom stereocenters. The standard InChI is InChI=1S/C15H22O/c1-16-15-10-6-5-9-14(15)12-11-13-7-3-2-4-8-13/h2-3,5-7,14-15H,4,8-12H2,1H3/t14-,15-/m0/s1. The van der Waals surface area contributed by atoms with Gasteiger partial charge in [0.15, 0.2) is 0 Å². The van der Waals surface area contributed by atoms with Crippen LogP contribution in [0, 0.1) is 5.92 Å². The lowest BCUT2D eigenvalue weighted by Crippen LogP contribution is -2.24. The van der Waals surface area contributed by atoms with Crippen LogP contribution >= 0.6 is 0 Å². The van der Waals surface area contributed by atoms with Crippen LogP contribution in [0.1, 0.15) is 38.5 Å². The van der Waals surface area contributed by atoms with Crippen LogP contribution in [-0.2, 0) is 4.74 Å². The highest BCUT2D eigenvalue weighted by atomic mass is 16.5. The highest BCUT2D eigenvalue weighted by molar-refractivity contribution is 5.17. The van der Waals surface area contributed by atoms with Gasteiger partial charge in [0.1, 0.15) is 0 Å². The minimum atomic E-state index is 0.449. The van der Waals surface area contributed by atoms with E-state index in [0.29, 0.717) is 6.10 Å². The molecule has 2 rings (SSSR count). The molecule has 0 saturated carbocycles. The van der Waals surface area contributed by atoms with Gasteiger partial charge in [-0.15, -0.1) is 0 Å². The summed E-state index contributed by atoms with van der Waals surface area (Å²) in [6.45, 7) is 0. The van der Waals surface area contributed by atoms with Crippen molar-refractivity contribution in [2.24, 2.45) is 5.92 Å². The highest BCUT2D eigenvalue weighted by Gasteiger charge is 2.21. The summed E-state index contributed by atoms with van der Waals surface area (Å²) < 4.78 is 5.56. The fourth-order valence-corrected chi connectivity index (χ4v) is 2.67. The Bertz CT molecular complexity index is 299. The lowest BCUT2D eigenvalue weighted by atomic mass is 9.85. The van der Waals surface area contributed by atoms with Crippen LogP contribution in [0.3, 0.4) is 0 Å². The van der Waals surface area contributed by atoms with Crippen molar-refractivity contribution >= 4 is 0 Å². The summed E-state index contributed by atoms with van der Waals surface area (Å²) in [5, 5.41) is 0. The van der Waals surface area contributed by atoms with E-state index in [1.54, 1.807) is 5.57 Å². The molecule has 0 amide bonds. The van der Waals surface area contributed by atoms with Gasteiger partial charge in [-0.1, -0.05) is 36.0 Å². The first kappa shape index (κ1) is 11.7. The molecule has 0 radical (unpaired) electrons. The zero-order valence-electron chi connectivity index (χ0n) is 10.2. The Balaban J connectivity index is 1.82. The van der Waals surface area contributed by atoms with Gasteiger partial charge in [0, 0.05) is 7.11 Å². The first-order chi connectivity index (χ1) is 7.90. The van der Waals surface area contributed by atoms with Crippen LogP contribution in [0.15, 0.2) is 36.0 Å². The largest absolute Gasteiger partial charge is 0.381 e. The van der Waals surface area contributed by atoms with Gasteiger partial charge in [0.25, 0.3) is 0 Å². The normalized spacial score (nSPS) is 29.2. The zero-order chi connectivity index (χ0) is 11.2. The van der Waals surface area contributed by atoms with E-state index >= 15 is 0 Å². The van der Waals surface area contributed by atoms with Crippen LogP contribution < -0.4 is 0 Å². The van der Waals surface area contributed by atoms with Crippen molar-refractivity contribution in [3.8, 4) is 0 Å². The predicted octanol–water partition coefficient (Wildman–Crippen LogP) is 4.02. The first-order valence-electron chi connectivity index (χ1n) is 6.42. The van der Waals surface area contributed by atoms with Crippen molar-refractivity contribution < 1.29 is 4.74 Å². The maximum atomic E-state index is 5.56. The second-order valence-corrected chi connectivity index (χ2v) is 4.81. The van der Waals surface area contributed by atoms with Gasteiger partial charge >= 0.3 is 0 Å². The van der Waals surface area contributed by atoms with E-state index in [1.807, 2.05) is 7.11 Å². The molecule has 0 unspecified atom stereocenters. The SMILES string of the molecule is CO[C@H]1CC=CC[C@H]1CCC1=CC=CCC1. The Morgan fingerprint density at radius 3 is 2.88 bits per heavy atom. The smallest absolute Gasteiger partial charge is 0.0636 e. The molecule has 0 spiro atoms. The van der Waals surface area contributed by atoms with Crippen molar-refractivity contribution in [3.05, 3.63) is 36.0 Å². The fraction of sp³-hybridized carbons (Fsp3) is 0.600. The van der Waals surface area contributed by atoms with Gasteiger partial charge in [-0.05, 0) is 44.4 Å². The maximum Gasteiger partial charge on any atom is 0.0636 e. The van der Waals surface area contributed by atoms with Gasteiger partial charge in [0.2, 0.25) is 0 Å². The lowest BCUT2D eigenvalue weighted by molar-refractivity contribution is 0.0476. The second kappa shape index (κ2) is 6.05. The van der Waals surface area contributed by atoms with Crippen molar-refractivity contribution in [1.29, 1.82) is 0 Å². The van der Waals surface area contributed by atoms with E-state index in [2.05, 4.69) is 30.4 Å². The molecule has 0 heterocycles. The van der Waals surface area contributed by atoms with E-state index < -0.39 is 0 Å². The first-order valence-corrected chi connectivity index (χ1v) is 6.42. The monoisotopic (exact) mass is 218 g/mol. The molecule has 88 valence electrons. The molecule has 0 N–H and O–H groups in total. The number of hydrogen-bond acceptors (Lipinski definition) is 1. The van der Waals surface area contributed by atoms with Crippen LogP contribution in [0.5, 0.6) is 0 Å². The van der Waals surface area contributed by atoms with Gasteiger partial charge < -0.3 is 4.74 Å². The number of allylic oxidation sites excluding steroid dienone is 5. The maximum absolute atomic E-state index is 5.56. The molecule has 16 heavy (non-hydrogen) atoms. The summed E-state index contributed by atoms with van der Waals surface area (Å²) in [5.41, 5.74) is 1.62. The molecule has 2 aliphatic rings. The van der Waals surface area contributed by atoms with Crippen LogP contribution in [0.25, 0.3) is 0 Å². The lowest BCUT2D eigenvalue weighted by Gasteiger charge is -2.27. The van der Waals surface area contributed by atoms with E-state index in [4.69, 9.17) is 4.74 Å². The summed E-state index contributed by atoms with van der Waals surface area (Å²) in [5.74, 6) is 0.724. The Labute approximate surface area is 98.9 Å². The van der Waals surface area contributed by atoms with Crippen molar-refractivity contribution in [3.63, 3.8) is 0 Å². The van der Waals surface area contributed by atoms with E-state index in [-0.39, 0.29) is 0 Å². The molecule has 0 aromatic carbocycles. The van der Waals surface area contributed by atoms with Crippen LogP contribution in [0.4, 0.5) is 0 Å². The summed E-state index contributed by atoms with van der Waals surface area (Å²) in [6, 6.07) is 0. The fourth-order valence-electron chi connectivity index (χ4n) is 2.67. The summed E-state index contributed by atoms with van der Waals surface area (Å²) in [6.07, 6.45) is 19.1. The molecule has 0 bridgehead atoms. The molecule has 1 heteroatoms. The molecule has 1 nitrogen and oxygen atoms in total. The molecule has 0 aromatic rings. The number of ether oxygens (including phenoxy) is 1. The second-order valence-electron chi connectivity index (χ2n) is 4.81. The number of methoxy groups -OCH3 is 1. The molecule has 2 aliphatic carbocycles. The topological polar surface area (TPSA) is 9.23 Å². The Morgan fingerprint density at radius 2 is 2.12 bits per heavy atom. The van der Waals surface area contributed by atoms with Gasteiger partial charge in [0.05, 0.1) is 6.10 Å². The van der Waals surface area contributed by atoms with Gasteiger partial charge in [-0.25, -0.2) is 0 Å². The molecular weight excluding hydrogens is 196 g/mol.